The molecule has 0 bridgehead atoms. The number of aliphatic carboxylic acids is 1. The Bertz CT molecular complexity index is 617. The molecule has 6 nitrogen and oxygen atoms in total. The van der Waals surface area contributed by atoms with Crippen molar-refractivity contribution in [2.24, 2.45) is 0 Å². The average molecular weight is 299 g/mol. The molecule has 1 aromatic carbocycles. The molecule has 0 saturated carbocycles. The van der Waals surface area contributed by atoms with Gasteiger partial charge in [-0.25, -0.2) is 9.97 Å². The highest BCUT2D eigenvalue weighted by Gasteiger charge is 2.16. The summed E-state index contributed by atoms with van der Waals surface area (Å²) in [6, 6.07) is 9.57. The first-order valence-corrected chi connectivity index (χ1v) is 6.97. The van der Waals surface area contributed by atoms with Crippen molar-refractivity contribution >= 4 is 11.9 Å². The molecule has 1 aromatic heterocycles. The minimum Gasteiger partial charge on any atom is -0.481 e. The Morgan fingerprint density at radius 1 is 1.09 bits per heavy atom. The van der Waals surface area contributed by atoms with Gasteiger partial charge in [-0.2, -0.15) is 0 Å². The van der Waals surface area contributed by atoms with Crippen LogP contribution in [0.4, 0.5) is 0 Å². The molecule has 0 aliphatic rings. The zero-order valence-electron chi connectivity index (χ0n) is 12.1. The van der Waals surface area contributed by atoms with Gasteiger partial charge in [-0.05, 0) is 12.0 Å². The highest BCUT2D eigenvalue weighted by atomic mass is 16.4. The number of carboxylic acid groups (broad SMARTS) is 1. The van der Waals surface area contributed by atoms with Crippen molar-refractivity contribution in [3.05, 3.63) is 60.2 Å². The average Bonchev–Trinajstić information content (AvgIpc) is 2.55. The number of carbonyl (C=O) groups is 2. The minimum absolute atomic E-state index is 0.0316. The number of nitrogens with zero attached hydrogens (tertiary/aromatic N) is 3. The van der Waals surface area contributed by atoms with E-state index in [2.05, 4.69) is 9.97 Å². The van der Waals surface area contributed by atoms with Gasteiger partial charge in [0.1, 0.15) is 6.33 Å². The maximum absolute atomic E-state index is 12.5. The number of hydrogen-bond acceptors (Lipinski definition) is 4. The van der Waals surface area contributed by atoms with Crippen LogP contribution in [-0.4, -0.2) is 38.4 Å². The third-order valence-corrected chi connectivity index (χ3v) is 3.13. The molecule has 1 N–H and O–H groups in total. The number of amides is 1. The van der Waals surface area contributed by atoms with Gasteiger partial charge in [0.25, 0.3) is 5.91 Å². The largest absolute Gasteiger partial charge is 0.481 e. The minimum atomic E-state index is -0.866. The third kappa shape index (κ3) is 4.66. The first-order chi connectivity index (χ1) is 10.7. The molecule has 0 radical (unpaired) electrons. The number of rotatable bonds is 7. The predicted molar refractivity (Wildman–Crippen MR) is 80.1 cm³/mol. The van der Waals surface area contributed by atoms with Crippen molar-refractivity contribution in [3.63, 3.8) is 0 Å². The van der Waals surface area contributed by atoms with E-state index in [4.69, 9.17) is 5.11 Å². The summed E-state index contributed by atoms with van der Waals surface area (Å²) in [5, 5.41) is 8.75. The van der Waals surface area contributed by atoms with Gasteiger partial charge in [-0.15, -0.1) is 0 Å². The molecule has 0 fully saturated rings. The summed E-state index contributed by atoms with van der Waals surface area (Å²) in [6.07, 6.45) is 4.73. The Balaban J connectivity index is 2.10. The number of carboxylic acids is 1. The van der Waals surface area contributed by atoms with Crippen molar-refractivity contribution < 1.29 is 14.7 Å². The van der Waals surface area contributed by atoms with E-state index in [9.17, 15) is 9.59 Å². The molecular formula is C16H17N3O3. The van der Waals surface area contributed by atoms with Crippen LogP contribution in [0.3, 0.4) is 0 Å². The highest BCUT2D eigenvalue weighted by Crippen LogP contribution is 2.10. The molecule has 0 atom stereocenters. The molecule has 0 spiro atoms. The SMILES string of the molecule is O=C(O)CCCN(Cc1ccccc1)C(=O)c1cncnc1. The normalized spacial score (nSPS) is 10.2. The van der Waals surface area contributed by atoms with E-state index in [-0.39, 0.29) is 12.3 Å². The number of hydrogen-bond donors (Lipinski definition) is 1. The fourth-order valence-corrected chi connectivity index (χ4v) is 2.07. The van der Waals surface area contributed by atoms with Crippen LogP contribution < -0.4 is 0 Å². The van der Waals surface area contributed by atoms with Crippen LogP contribution in [0, 0.1) is 0 Å². The molecule has 22 heavy (non-hydrogen) atoms. The molecule has 0 aliphatic heterocycles. The van der Waals surface area contributed by atoms with Gasteiger partial charge in [0, 0.05) is 31.9 Å². The van der Waals surface area contributed by atoms with Gasteiger partial charge in [0.05, 0.1) is 5.56 Å². The molecule has 1 amide bonds. The maximum Gasteiger partial charge on any atom is 0.303 e. The second kappa shape index (κ2) is 7.87. The Morgan fingerprint density at radius 3 is 2.41 bits per heavy atom. The molecule has 0 saturated heterocycles. The molecule has 1 heterocycles. The van der Waals surface area contributed by atoms with Crippen LogP contribution in [0.25, 0.3) is 0 Å². The van der Waals surface area contributed by atoms with E-state index in [1.165, 1.54) is 18.7 Å². The first kappa shape index (κ1) is 15.6. The smallest absolute Gasteiger partial charge is 0.303 e. The Labute approximate surface area is 128 Å². The standard InChI is InChI=1S/C16H17N3O3/c20-15(21)7-4-8-19(11-13-5-2-1-3-6-13)16(22)14-9-17-12-18-10-14/h1-3,5-6,9-10,12H,4,7-8,11H2,(H,20,21). The first-order valence-electron chi connectivity index (χ1n) is 6.97. The van der Waals surface area contributed by atoms with E-state index in [1.807, 2.05) is 30.3 Å². The quantitative estimate of drug-likeness (QED) is 0.845. The number of aromatic nitrogens is 2. The summed E-state index contributed by atoms with van der Waals surface area (Å²) in [5.74, 6) is -1.06. The zero-order chi connectivity index (χ0) is 15.8. The van der Waals surface area contributed by atoms with Gasteiger partial charge in [-0.1, -0.05) is 30.3 Å². The molecular weight excluding hydrogens is 282 g/mol. The van der Waals surface area contributed by atoms with Gasteiger partial charge in [0.15, 0.2) is 0 Å². The number of benzene rings is 1. The summed E-state index contributed by atoms with van der Waals surface area (Å²) in [7, 11) is 0. The lowest BCUT2D eigenvalue weighted by molar-refractivity contribution is -0.137. The fraction of sp³-hybridized carbons (Fsp3) is 0.250. The Morgan fingerprint density at radius 2 is 1.77 bits per heavy atom. The molecule has 0 aliphatic carbocycles. The van der Waals surface area contributed by atoms with E-state index >= 15 is 0 Å². The van der Waals surface area contributed by atoms with E-state index < -0.39 is 5.97 Å². The van der Waals surface area contributed by atoms with E-state index in [1.54, 1.807) is 4.90 Å². The van der Waals surface area contributed by atoms with Gasteiger partial charge >= 0.3 is 5.97 Å². The van der Waals surface area contributed by atoms with Crippen molar-refractivity contribution in [1.29, 1.82) is 0 Å². The van der Waals surface area contributed by atoms with Crippen LogP contribution in [0.5, 0.6) is 0 Å². The molecule has 2 rings (SSSR count). The zero-order valence-corrected chi connectivity index (χ0v) is 12.1. The third-order valence-electron chi connectivity index (χ3n) is 3.13. The van der Waals surface area contributed by atoms with Crippen molar-refractivity contribution in [2.45, 2.75) is 19.4 Å². The fourth-order valence-electron chi connectivity index (χ4n) is 2.07. The van der Waals surface area contributed by atoms with Crippen LogP contribution in [0.15, 0.2) is 49.1 Å². The van der Waals surface area contributed by atoms with Gasteiger partial charge in [0.2, 0.25) is 0 Å². The summed E-state index contributed by atoms with van der Waals surface area (Å²) in [5.41, 5.74) is 1.39. The monoisotopic (exact) mass is 299 g/mol. The van der Waals surface area contributed by atoms with Crippen LogP contribution in [0.1, 0.15) is 28.8 Å². The second-order valence-electron chi connectivity index (χ2n) is 4.84. The molecule has 0 unspecified atom stereocenters. The van der Waals surface area contributed by atoms with Crippen molar-refractivity contribution in [3.8, 4) is 0 Å². The van der Waals surface area contributed by atoms with Crippen LogP contribution >= 0.6 is 0 Å². The van der Waals surface area contributed by atoms with Gasteiger partial charge < -0.3 is 10.0 Å². The van der Waals surface area contributed by atoms with Crippen molar-refractivity contribution in [1.82, 2.24) is 14.9 Å². The summed E-state index contributed by atoms with van der Waals surface area (Å²) >= 11 is 0. The summed E-state index contributed by atoms with van der Waals surface area (Å²) in [6.45, 7) is 0.795. The van der Waals surface area contributed by atoms with E-state index in [0.29, 0.717) is 25.1 Å². The summed E-state index contributed by atoms with van der Waals surface area (Å²) in [4.78, 5) is 32.5. The summed E-state index contributed by atoms with van der Waals surface area (Å²) < 4.78 is 0. The lowest BCUT2D eigenvalue weighted by Crippen LogP contribution is -2.32. The van der Waals surface area contributed by atoms with Crippen molar-refractivity contribution in [2.75, 3.05) is 6.54 Å². The molecule has 6 heteroatoms. The van der Waals surface area contributed by atoms with E-state index in [0.717, 1.165) is 5.56 Å². The lowest BCUT2D eigenvalue weighted by Gasteiger charge is -2.22. The van der Waals surface area contributed by atoms with Crippen LogP contribution in [0.2, 0.25) is 0 Å². The van der Waals surface area contributed by atoms with Crippen LogP contribution in [-0.2, 0) is 11.3 Å². The lowest BCUT2D eigenvalue weighted by atomic mass is 10.2. The molecule has 114 valence electrons. The highest BCUT2D eigenvalue weighted by molar-refractivity contribution is 5.93. The van der Waals surface area contributed by atoms with Gasteiger partial charge in [-0.3, -0.25) is 9.59 Å². The molecule has 2 aromatic rings. The predicted octanol–water partition coefficient (Wildman–Crippen LogP) is 1.98. The Hall–Kier alpha value is -2.76. The second-order valence-corrected chi connectivity index (χ2v) is 4.84. The number of carbonyl (C=O) groups excluding carboxylic acids is 1. The maximum atomic E-state index is 12.5. The Kier molecular flexibility index (Phi) is 5.59. The topological polar surface area (TPSA) is 83.4 Å².